The molecule has 0 radical (unpaired) electrons. The molecule has 1 heterocycles. The molecule has 0 spiro atoms. The van der Waals surface area contributed by atoms with Crippen molar-refractivity contribution in [3.8, 4) is 23.0 Å². The van der Waals surface area contributed by atoms with Crippen molar-refractivity contribution in [2.45, 2.75) is 23.7 Å². The molecule has 1 N–H and O–H groups in total. The monoisotopic (exact) mass is 637 g/mol. The van der Waals surface area contributed by atoms with Gasteiger partial charge in [-0.2, -0.15) is 26.3 Å². The van der Waals surface area contributed by atoms with Crippen molar-refractivity contribution in [2.75, 3.05) is 7.11 Å². The molecule has 1 aliphatic carbocycles. The fraction of sp³-hybridized carbons (Fsp3) is 0.147. The van der Waals surface area contributed by atoms with Gasteiger partial charge in [0.05, 0.1) is 18.2 Å². The molecule has 0 amide bonds. The predicted molar refractivity (Wildman–Crippen MR) is 154 cm³/mol. The molecule has 1 atom stereocenters. The summed E-state index contributed by atoms with van der Waals surface area (Å²) < 4.78 is 97.8. The van der Waals surface area contributed by atoms with Gasteiger partial charge in [-0.1, -0.05) is 54.6 Å². The number of rotatable bonds is 6. The average Bonchev–Trinajstić information content (AvgIpc) is 3.26. The van der Waals surface area contributed by atoms with E-state index in [0.717, 1.165) is 24.3 Å². The van der Waals surface area contributed by atoms with E-state index in [-0.39, 0.29) is 39.8 Å². The van der Waals surface area contributed by atoms with Crippen LogP contribution in [0.2, 0.25) is 0 Å². The molecule has 12 heteroatoms. The summed E-state index contributed by atoms with van der Waals surface area (Å²) in [6, 6.07) is 18.8. The van der Waals surface area contributed by atoms with E-state index in [1.165, 1.54) is 31.4 Å². The van der Waals surface area contributed by atoms with Crippen molar-refractivity contribution in [1.29, 1.82) is 0 Å². The van der Waals surface area contributed by atoms with Gasteiger partial charge in [0.25, 0.3) is 0 Å². The Morgan fingerprint density at radius 2 is 1.30 bits per heavy atom. The topological polar surface area (TPSA) is 85.7 Å². The molecule has 0 aliphatic heterocycles. The minimum atomic E-state index is -5.80. The van der Waals surface area contributed by atoms with Gasteiger partial charge in [-0.3, -0.25) is 9.59 Å². The fourth-order valence-electron chi connectivity index (χ4n) is 5.80. The van der Waals surface area contributed by atoms with Crippen LogP contribution in [0.5, 0.6) is 23.0 Å². The van der Waals surface area contributed by atoms with Gasteiger partial charge >= 0.3 is 12.4 Å². The number of carbonyl (C=O) groups is 2. The summed E-state index contributed by atoms with van der Waals surface area (Å²) in [7, 11) is 1.23. The van der Waals surface area contributed by atoms with Gasteiger partial charge in [0.1, 0.15) is 34.6 Å². The van der Waals surface area contributed by atoms with Gasteiger partial charge in [0, 0.05) is 10.9 Å². The number of halogens is 6. The molecule has 0 saturated heterocycles. The Labute approximate surface area is 256 Å². The maximum absolute atomic E-state index is 14.5. The molecule has 46 heavy (non-hydrogen) atoms. The van der Waals surface area contributed by atoms with Crippen LogP contribution >= 0.6 is 0 Å². The molecule has 1 unspecified atom stereocenters. The highest BCUT2D eigenvalue weighted by Gasteiger charge is 2.72. The van der Waals surface area contributed by atoms with Crippen molar-refractivity contribution in [3.05, 3.63) is 125 Å². The quantitative estimate of drug-likeness (QED) is 0.149. The summed E-state index contributed by atoms with van der Waals surface area (Å²) in [5.41, 5.74) is -6.49. The lowest BCUT2D eigenvalue weighted by Gasteiger charge is -2.38. The summed E-state index contributed by atoms with van der Waals surface area (Å²) in [6.07, 6.45) is -11.6. The average molecular weight is 638 g/mol. The minimum Gasteiger partial charge on any atom is -0.506 e. The molecule has 6 nitrogen and oxygen atoms in total. The van der Waals surface area contributed by atoms with E-state index in [9.17, 15) is 41.0 Å². The number of Topliss-reactive ketones (excluding diaryl/α,β-unsaturated/α-hetero) is 2. The van der Waals surface area contributed by atoms with Crippen LogP contribution in [0, 0.1) is 0 Å². The van der Waals surface area contributed by atoms with E-state index >= 15 is 0 Å². The number of carbonyl (C=O) groups excluding carboxylic acids is 2. The first-order valence-corrected chi connectivity index (χ1v) is 13.6. The number of methoxy groups -OCH3 is 1. The molecule has 0 saturated carbocycles. The van der Waals surface area contributed by atoms with Crippen molar-refractivity contribution in [3.63, 3.8) is 0 Å². The number of ketones is 2. The lowest BCUT2D eigenvalue weighted by atomic mass is 9.73. The summed E-state index contributed by atoms with van der Waals surface area (Å²) in [5.74, 6) is -3.53. The Bertz CT molecular complexity index is 1970. The Balaban J connectivity index is 1.37. The Hall–Kier alpha value is -5.39. The van der Waals surface area contributed by atoms with Crippen molar-refractivity contribution in [1.82, 2.24) is 4.98 Å². The SMILES string of the molecule is COc1ccc(C(c2ccc(Oc3cccc4c3C(=O)C(c3nc5ccccc5cc3O)C4=O)cc2)(C(F)(F)F)C(F)(F)F)cc1. The smallest absolute Gasteiger partial charge is 0.411 e. The number of aromatic hydroxyl groups is 1. The summed E-state index contributed by atoms with van der Waals surface area (Å²) >= 11 is 0. The number of hydrogen-bond donors (Lipinski definition) is 1. The molecule has 234 valence electrons. The van der Waals surface area contributed by atoms with Crippen LogP contribution in [0.25, 0.3) is 10.9 Å². The largest absolute Gasteiger partial charge is 0.506 e. The highest BCUT2D eigenvalue weighted by atomic mass is 19.4. The van der Waals surface area contributed by atoms with Crippen LogP contribution in [0.4, 0.5) is 26.3 Å². The molecule has 0 fully saturated rings. The third-order valence-corrected chi connectivity index (χ3v) is 7.96. The minimum absolute atomic E-state index is 0.0360. The lowest BCUT2D eigenvalue weighted by molar-refractivity contribution is -0.288. The first-order chi connectivity index (χ1) is 21.8. The van der Waals surface area contributed by atoms with E-state index < -0.39 is 46.4 Å². The van der Waals surface area contributed by atoms with Crippen LogP contribution in [0.1, 0.15) is 43.5 Å². The number of pyridine rings is 1. The van der Waals surface area contributed by atoms with Crippen LogP contribution in [0.3, 0.4) is 0 Å². The van der Waals surface area contributed by atoms with Gasteiger partial charge < -0.3 is 14.6 Å². The summed E-state index contributed by atoms with van der Waals surface area (Å²) in [5, 5.41) is 11.2. The summed E-state index contributed by atoms with van der Waals surface area (Å²) in [4.78, 5) is 31.3. The van der Waals surface area contributed by atoms with Gasteiger partial charge in [0.2, 0.25) is 5.41 Å². The predicted octanol–water partition coefficient (Wildman–Crippen LogP) is 8.31. The highest BCUT2D eigenvalue weighted by Crippen LogP contribution is 2.56. The standard InChI is InChI=1S/C34H21F6NO5/c1-45-21-13-9-19(10-14-21)32(33(35,36)37,34(38,39)40)20-11-15-22(16-12-20)46-26-8-4-6-23-27(26)31(44)28(30(23)43)29-25(42)17-18-5-2-3-7-24(18)41-29/h2-17,28,42H,1H3. The number of aromatic nitrogens is 1. The molecule has 1 aromatic heterocycles. The third kappa shape index (κ3) is 4.72. The molecule has 6 rings (SSSR count). The second-order valence-corrected chi connectivity index (χ2v) is 10.5. The Morgan fingerprint density at radius 1 is 0.717 bits per heavy atom. The third-order valence-electron chi connectivity index (χ3n) is 7.96. The number of nitrogens with zero attached hydrogens (tertiary/aromatic N) is 1. The highest BCUT2D eigenvalue weighted by molar-refractivity contribution is 6.30. The van der Waals surface area contributed by atoms with E-state index in [1.807, 2.05) is 0 Å². The summed E-state index contributed by atoms with van der Waals surface area (Å²) in [6.45, 7) is 0. The van der Waals surface area contributed by atoms with E-state index in [1.54, 1.807) is 24.3 Å². The fourth-order valence-corrected chi connectivity index (χ4v) is 5.80. The zero-order chi connectivity index (χ0) is 33.0. The Kier molecular flexibility index (Phi) is 7.26. The second-order valence-electron chi connectivity index (χ2n) is 10.5. The van der Waals surface area contributed by atoms with E-state index in [4.69, 9.17) is 9.47 Å². The van der Waals surface area contributed by atoms with Gasteiger partial charge in [-0.05, 0) is 53.6 Å². The molecule has 1 aliphatic rings. The number of ether oxygens (including phenoxy) is 2. The van der Waals surface area contributed by atoms with Crippen LogP contribution in [-0.2, 0) is 5.41 Å². The first-order valence-electron chi connectivity index (χ1n) is 13.6. The van der Waals surface area contributed by atoms with Crippen molar-refractivity contribution in [2.24, 2.45) is 0 Å². The maximum Gasteiger partial charge on any atom is 0.411 e. The Morgan fingerprint density at radius 3 is 1.89 bits per heavy atom. The first kappa shape index (κ1) is 30.6. The van der Waals surface area contributed by atoms with Crippen LogP contribution < -0.4 is 9.47 Å². The number of benzene rings is 4. The van der Waals surface area contributed by atoms with Crippen molar-refractivity contribution >= 4 is 22.5 Å². The lowest BCUT2D eigenvalue weighted by Crippen LogP contribution is -2.54. The number of fused-ring (bicyclic) bond motifs is 2. The molecule has 5 aromatic rings. The van der Waals surface area contributed by atoms with Crippen LogP contribution in [-0.4, -0.2) is 41.1 Å². The number of para-hydroxylation sites is 1. The molecular weight excluding hydrogens is 616 g/mol. The number of hydrogen-bond acceptors (Lipinski definition) is 6. The normalized spacial score (nSPS) is 15.2. The van der Waals surface area contributed by atoms with Crippen LogP contribution in [0.15, 0.2) is 97.1 Å². The van der Waals surface area contributed by atoms with Gasteiger partial charge in [-0.15, -0.1) is 0 Å². The van der Waals surface area contributed by atoms with E-state index in [2.05, 4.69) is 4.98 Å². The molecular formula is C34H21F6NO5. The zero-order valence-electron chi connectivity index (χ0n) is 23.6. The van der Waals surface area contributed by atoms with Gasteiger partial charge in [0.15, 0.2) is 11.6 Å². The second kappa shape index (κ2) is 10.9. The molecule has 0 bridgehead atoms. The van der Waals surface area contributed by atoms with Gasteiger partial charge in [-0.25, -0.2) is 4.98 Å². The zero-order valence-corrected chi connectivity index (χ0v) is 23.6. The van der Waals surface area contributed by atoms with Crippen molar-refractivity contribution < 1.29 is 50.5 Å². The van der Waals surface area contributed by atoms with E-state index in [0.29, 0.717) is 35.2 Å². The maximum atomic E-state index is 14.5. The number of alkyl halides is 6. The molecule has 4 aromatic carbocycles.